The molecule has 0 bridgehead atoms. The average molecular weight is 517 g/mol. The van der Waals surface area contributed by atoms with E-state index in [4.69, 9.17) is 21.7 Å². The molecule has 1 amide bonds. The highest BCUT2D eigenvalue weighted by Crippen LogP contribution is 2.24. The molecule has 2 aromatic heterocycles. The van der Waals surface area contributed by atoms with Gasteiger partial charge in [0, 0.05) is 72.0 Å². The molecule has 0 atom stereocenters. The van der Waals surface area contributed by atoms with Gasteiger partial charge in [0.05, 0.1) is 5.69 Å². The highest BCUT2D eigenvalue weighted by atomic mass is 35.5. The topological polar surface area (TPSA) is 65.8 Å². The van der Waals surface area contributed by atoms with Crippen LogP contribution in [0.2, 0.25) is 5.02 Å². The smallest absolute Gasteiger partial charge is 0.224 e. The van der Waals surface area contributed by atoms with Crippen molar-refractivity contribution in [3.63, 3.8) is 0 Å². The quantitative estimate of drug-likeness (QED) is 0.357. The zero-order chi connectivity index (χ0) is 25.9. The Balaban J connectivity index is 1.22. The number of aromatic nitrogens is 3. The summed E-state index contributed by atoms with van der Waals surface area (Å²) in [5.41, 5.74) is 7.63. The number of carbonyl (C=O) groups is 1. The average Bonchev–Trinajstić information content (AvgIpc) is 3.33. The molecule has 37 heavy (non-hydrogen) atoms. The Bertz CT molecular complexity index is 1390. The molecule has 5 rings (SSSR count). The summed E-state index contributed by atoms with van der Waals surface area (Å²) in [7, 11) is 0. The number of piperazine rings is 1. The van der Waals surface area contributed by atoms with E-state index in [9.17, 15) is 4.79 Å². The Hall–Kier alpha value is -3.42. The minimum absolute atomic E-state index is 0.00877. The second-order valence-electron chi connectivity index (χ2n) is 9.58. The number of hydrogen-bond acceptors (Lipinski definition) is 5. The Morgan fingerprint density at radius 1 is 1.00 bits per heavy atom. The number of aryl methyl sites for hydroxylation is 2. The molecule has 1 aliphatic rings. The van der Waals surface area contributed by atoms with Crippen molar-refractivity contribution in [3.8, 4) is 11.3 Å². The Kier molecular flexibility index (Phi) is 7.44. The van der Waals surface area contributed by atoms with Gasteiger partial charge in [-0.25, -0.2) is 9.50 Å². The van der Waals surface area contributed by atoms with Gasteiger partial charge in [-0.05, 0) is 68.8 Å². The van der Waals surface area contributed by atoms with E-state index in [1.165, 1.54) is 5.69 Å². The second kappa shape index (κ2) is 10.9. The molecule has 0 radical (unpaired) electrons. The van der Waals surface area contributed by atoms with E-state index >= 15 is 0 Å². The van der Waals surface area contributed by atoms with Gasteiger partial charge in [0.15, 0.2) is 5.65 Å². The number of hydrogen-bond donors (Lipinski definition) is 1. The SMILES string of the molecule is CCN1CCN(c2ccc(NC(=O)CCc3c(C)nc4cc(-c5ccc(Cl)cc5)nn4c3C)cc2)CC1. The van der Waals surface area contributed by atoms with Gasteiger partial charge in [-0.3, -0.25) is 4.79 Å². The third-order valence-electron chi connectivity index (χ3n) is 7.24. The third-order valence-corrected chi connectivity index (χ3v) is 7.49. The summed E-state index contributed by atoms with van der Waals surface area (Å²) in [5, 5.41) is 8.51. The lowest BCUT2D eigenvalue weighted by Gasteiger charge is -2.35. The van der Waals surface area contributed by atoms with Crippen LogP contribution in [0.4, 0.5) is 11.4 Å². The Morgan fingerprint density at radius 3 is 2.38 bits per heavy atom. The number of anilines is 2. The molecule has 2 aromatic carbocycles. The van der Waals surface area contributed by atoms with Crippen LogP contribution >= 0.6 is 11.6 Å². The lowest BCUT2D eigenvalue weighted by molar-refractivity contribution is -0.116. The van der Waals surface area contributed by atoms with Crippen LogP contribution in [-0.2, 0) is 11.2 Å². The molecule has 1 aliphatic heterocycles. The minimum atomic E-state index is -0.00877. The van der Waals surface area contributed by atoms with Gasteiger partial charge in [-0.1, -0.05) is 30.7 Å². The van der Waals surface area contributed by atoms with Crippen molar-refractivity contribution in [1.29, 1.82) is 0 Å². The Labute approximate surface area is 223 Å². The number of nitrogens with zero attached hydrogens (tertiary/aromatic N) is 5. The standard InChI is InChI=1S/C29H33ClN6O/c1-4-34-15-17-35(18-16-34)25-11-9-24(10-12-25)32-29(37)14-13-26-20(2)31-28-19-27(33-36(28)21(26)3)22-5-7-23(30)8-6-22/h5-12,19H,4,13-18H2,1-3H3,(H,32,37). The van der Waals surface area contributed by atoms with Crippen LogP contribution in [0.3, 0.4) is 0 Å². The van der Waals surface area contributed by atoms with E-state index in [2.05, 4.69) is 34.2 Å². The van der Waals surface area contributed by atoms with E-state index in [0.29, 0.717) is 17.9 Å². The number of carbonyl (C=O) groups excluding carboxylic acids is 1. The molecule has 0 aliphatic carbocycles. The van der Waals surface area contributed by atoms with Crippen LogP contribution in [0, 0.1) is 13.8 Å². The van der Waals surface area contributed by atoms with Crippen molar-refractivity contribution in [2.24, 2.45) is 0 Å². The first-order chi connectivity index (χ1) is 17.9. The summed E-state index contributed by atoms with van der Waals surface area (Å²) in [6.45, 7) is 11.6. The summed E-state index contributed by atoms with van der Waals surface area (Å²) < 4.78 is 1.86. The molecule has 3 heterocycles. The maximum absolute atomic E-state index is 12.8. The third kappa shape index (κ3) is 5.63. The maximum atomic E-state index is 12.8. The van der Waals surface area contributed by atoms with Crippen LogP contribution in [0.5, 0.6) is 0 Å². The van der Waals surface area contributed by atoms with Gasteiger partial charge in [0.1, 0.15) is 0 Å². The van der Waals surface area contributed by atoms with Crippen molar-refractivity contribution in [1.82, 2.24) is 19.5 Å². The largest absolute Gasteiger partial charge is 0.369 e. The van der Waals surface area contributed by atoms with Crippen LogP contribution in [0.25, 0.3) is 16.9 Å². The zero-order valence-electron chi connectivity index (χ0n) is 21.7. The van der Waals surface area contributed by atoms with E-state index in [1.807, 2.05) is 60.8 Å². The van der Waals surface area contributed by atoms with Crippen LogP contribution < -0.4 is 10.2 Å². The predicted octanol–water partition coefficient (Wildman–Crippen LogP) is 5.38. The summed E-state index contributed by atoms with van der Waals surface area (Å²) >= 11 is 6.03. The van der Waals surface area contributed by atoms with Gasteiger partial charge in [0.25, 0.3) is 0 Å². The highest BCUT2D eigenvalue weighted by Gasteiger charge is 2.17. The summed E-state index contributed by atoms with van der Waals surface area (Å²) in [5.74, 6) is -0.00877. The van der Waals surface area contributed by atoms with Gasteiger partial charge in [-0.15, -0.1) is 0 Å². The van der Waals surface area contributed by atoms with Crippen LogP contribution in [0.1, 0.15) is 30.3 Å². The molecule has 7 nitrogen and oxygen atoms in total. The van der Waals surface area contributed by atoms with Crippen LogP contribution in [0.15, 0.2) is 54.6 Å². The van der Waals surface area contributed by atoms with E-state index < -0.39 is 0 Å². The first-order valence-corrected chi connectivity index (χ1v) is 13.3. The highest BCUT2D eigenvalue weighted by molar-refractivity contribution is 6.30. The lowest BCUT2D eigenvalue weighted by Crippen LogP contribution is -2.46. The van der Waals surface area contributed by atoms with Gasteiger partial charge < -0.3 is 15.1 Å². The monoisotopic (exact) mass is 516 g/mol. The van der Waals surface area contributed by atoms with Crippen molar-refractivity contribution < 1.29 is 4.79 Å². The molecule has 192 valence electrons. The van der Waals surface area contributed by atoms with E-state index in [-0.39, 0.29) is 5.91 Å². The Morgan fingerprint density at radius 2 is 1.70 bits per heavy atom. The molecule has 8 heteroatoms. The number of fused-ring (bicyclic) bond motifs is 1. The van der Waals surface area contributed by atoms with Crippen molar-refractivity contribution in [2.75, 3.05) is 42.9 Å². The predicted molar refractivity (Wildman–Crippen MR) is 151 cm³/mol. The molecule has 1 N–H and O–H groups in total. The molecule has 0 saturated carbocycles. The molecule has 0 unspecified atom stereocenters. The summed E-state index contributed by atoms with van der Waals surface area (Å²) in [6.07, 6.45) is 0.975. The summed E-state index contributed by atoms with van der Waals surface area (Å²) in [6, 6.07) is 17.8. The van der Waals surface area contributed by atoms with Crippen molar-refractivity contribution >= 4 is 34.5 Å². The number of amides is 1. The zero-order valence-corrected chi connectivity index (χ0v) is 22.4. The molecular weight excluding hydrogens is 484 g/mol. The molecular formula is C29H33ClN6O. The number of rotatable bonds is 7. The number of nitrogens with one attached hydrogen (secondary N) is 1. The molecule has 1 saturated heterocycles. The van der Waals surface area contributed by atoms with E-state index in [0.717, 1.165) is 72.3 Å². The van der Waals surface area contributed by atoms with Crippen molar-refractivity contribution in [2.45, 2.75) is 33.6 Å². The first-order valence-electron chi connectivity index (χ1n) is 12.9. The second-order valence-corrected chi connectivity index (χ2v) is 10.0. The van der Waals surface area contributed by atoms with Gasteiger partial charge >= 0.3 is 0 Å². The first kappa shape index (κ1) is 25.2. The normalized spacial score (nSPS) is 14.3. The van der Waals surface area contributed by atoms with Gasteiger partial charge in [-0.2, -0.15) is 5.10 Å². The minimum Gasteiger partial charge on any atom is -0.369 e. The summed E-state index contributed by atoms with van der Waals surface area (Å²) in [4.78, 5) is 22.4. The fourth-order valence-electron chi connectivity index (χ4n) is 4.99. The lowest BCUT2D eigenvalue weighted by atomic mass is 10.1. The van der Waals surface area contributed by atoms with E-state index in [1.54, 1.807) is 0 Å². The maximum Gasteiger partial charge on any atom is 0.224 e. The van der Waals surface area contributed by atoms with Crippen molar-refractivity contribution in [3.05, 3.63) is 76.6 Å². The number of benzene rings is 2. The number of likely N-dealkylation sites (N-methyl/N-ethyl adjacent to an activating group) is 1. The molecule has 4 aromatic rings. The number of halogens is 1. The van der Waals surface area contributed by atoms with Gasteiger partial charge in [0.2, 0.25) is 5.91 Å². The molecule has 1 fully saturated rings. The fourth-order valence-corrected chi connectivity index (χ4v) is 5.12. The molecule has 0 spiro atoms. The fraction of sp³-hybridized carbons (Fsp3) is 0.345. The van der Waals surface area contributed by atoms with Crippen LogP contribution in [-0.4, -0.2) is 58.1 Å².